The Morgan fingerprint density at radius 3 is 2.64 bits per heavy atom. The van der Waals surface area contributed by atoms with Crippen LogP contribution in [-0.4, -0.2) is 44.3 Å². The van der Waals surface area contributed by atoms with Crippen molar-refractivity contribution in [1.82, 2.24) is 15.0 Å². The summed E-state index contributed by atoms with van der Waals surface area (Å²) in [5.41, 5.74) is 10.4. The van der Waals surface area contributed by atoms with Crippen molar-refractivity contribution in [1.29, 1.82) is 0 Å². The summed E-state index contributed by atoms with van der Waals surface area (Å²) >= 11 is 0. The van der Waals surface area contributed by atoms with Crippen LogP contribution in [0.3, 0.4) is 0 Å². The molecule has 1 aliphatic heterocycles. The van der Waals surface area contributed by atoms with E-state index in [0.29, 0.717) is 36.6 Å². The summed E-state index contributed by atoms with van der Waals surface area (Å²) < 4.78 is 11.5. The molecule has 2 fully saturated rings. The van der Waals surface area contributed by atoms with Crippen LogP contribution in [0.4, 0.5) is 0 Å². The number of carbonyl (C=O) groups excluding carboxylic acids is 1. The first-order chi connectivity index (χ1) is 17.2. The van der Waals surface area contributed by atoms with Crippen molar-refractivity contribution in [2.45, 2.75) is 82.6 Å². The number of aromatic nitrogens is 3. The van der Waals surface area contributed by atoms with E-state index in [4.69, 9.17) is 25.2 Å². The Balaban J connectivity index is 1.37. The molecule has 2 saturated carbocycles. The number of fused-ring (bicyclic) bond motifs is 2. The van der Waals surface area contributed by atoms with Gasteiger partial charge >= 0.3 is 5.97 Å². The zero-order valence-electron chi connectivity index (χ0n) is 20.9. The van der Waals surface area contributed by atoms with Gasteiger partial charge in [-0.3, -0.25) is 9.97 Å². The first-order valence-corrected chi connectivity index (χ1v) is 12.8. The molecule has 0 radical (unpaired) electrons. The molecule has 3 aromatic heterocycles. The van der Waals surface area contributed by atoms with Crippen LogP contribution < -0.4 is 10.5 Å². The molecule has 0 spiro atoms. The lowest BCUT2D eigenvalue weighted by Crippen LogP contribution is -2.38. The SMILES string of the molecule is C[C@@H]1OC(=O)c2ccc(Cc3cc4c([C@@](C)(N)C5CC5)cnc(OC5CC(O)C5)c4cn3)nc2[C@H]1C. The summed E-state index contributed by atoms with van der Waals surface area (Å²) in [7, 11) is 0. The Bertz CT molecular complexity index is 1350. The van der Waals surface area contributed by atoms with Gasteiger partial charge in [0.25, 0.3) is 0 Å². The molecule has 4 heterocycles. The van der Waals surface area contributed by atoms with E-state index in [0.717, 1.165) is 46.3 Å². The summed E-state index contributed by atoms with van der Waals surface area (Å²) in [4.78, 5) is 26.5. The number of nitrogens with two attached hydrogens (primary N) is 1. The summed E-state index contributed by atoms with van der Waals surface area (Å²) in [5, 5.41) is 11.5. The number of carbonyl (C=O) groups is 1. The zero-order chi connectivity index (χ0) is 25.2. The second kappa shape index (κ2) is 8.49. The van der Waals surface area contributed by atoms with Gasteiger partial charge in [-0.2, -0.15) is 0 Å². The van der Waals surface area contributed by atoms with Crippen LogP contribution in [0.5, 0.6) is 5.88 Å². The number of hydrogen-bond acceptors (Lipinski definition) is 8. The van der Waals surface area contributed by atoms with Crippen molar-refractivity contribution >= 4 is 16.7 Å². The molecule has 3 aliphatic rings. The standard InChI is InChI=1S/C28H32N4O4/c1-14-15(2)35-27(34)21-7-6-17(32-25(14)21)8-18-9-22-23(12-30-18)26(36-20-10-19(33)11-20)31-13-24(22)28(3,29)16-4-5-16/h6-7,9,12-16,19-20,33H,4-5,8,10-11,29H2,1-3H3/t14-,15-,19?,20?,28-/m0/s1. The van der Waals surface area contributed by atoms with Gasteiger partial charge in [0, 0.05) is 54.5 Å². The van der Waals surface area contributed by atoms with Gasteiger partial charge in [-0.1, -0.05) is 6.92 Å². The first kappa shape index (κ1) is 23.3. The summed E-state index contributed by atoms with van der Waals surface area (Å²) in [6, 6.07) is 5.75. The second-order valence-electron chi connectivity index (χ2n) is 10.9. The van der Waals surface area contributed by atoms with Crippen LogP contribution in [0.15, 0.2) is 30.6 Å². The number of hydrogen-bond donors (Lipinski definition) is 2. The van der Waals surface area contributed by atoms with Crippen LogP contribution in [0.25, 0.3) is 10.8 Å². The predicted molar refractivity (Wildman–Crippen MR) is 134 cm³/mol. The van der Waals surface area contributed by atoms with Gasteiger partial charge in [-0.15, -0.1) is 0 Å². The molecule has 8 heteroatoms. The maximum absolute atomic E-state index is 12.3. The molecule has 2 aliphatic carbocycles. The average molecular weight is 489 g/mol. The average Bonchev–Trinajstić information content (AvgIpc) is 3.68. The molecule has 3 N–H and O–H groups in total. The van der Waals surface area contributed by atoms with Gasteiger partial charge < -0.3 is 20.3 Å². The Kier molecular flexibility index (Phi) is 5.50. The van der Waals surface area contributed by atoms with Crippen molar-refractivity contribution < 1.29 is 19.4 Å². The Labute approximate surface area is 210 Å². The smallest absolute Gasteiger partial charge is 0.340 e. The number of pyridine rings is 3. The zero-order valence-corrected chi connectivity index (χ0v) is 20.9. The number of cyclic esters (lactones) is 1. The lowest BCUT2D eigenvalue weighted by Gasteiger charge is -2.32. The third kappa shape index (κ3) is 4.02. The number of nitrogens with zero attached hydrogens (tertiary/aromatic N) is 3. The van der Waals surface area contributed by atoms with E-state index in [1.807, 2.05) is 38.4 Å². The van der Waals surface area contributed by atoms with Crippen molar-refractivity contribution in [2.75, 3.05) is 0 Å². The van der Waals surface area contributed by atoms with E-state index in [-0.39, 0.29) is 30.2 Å². The predicted octanol–water partition coefficient (Wildman–Crippen LogP) is 3.76. The fourth-order valence-electron chi connectivity index (χ4n) is 5.35. The van der Waals surface area contributed by atoms with E-state index in [2.05, 4.69) is 18.0 Å². The molecule has 0 bridgehead atoms. The molecule has 0 unspecified atom stereocenters. The molecule has 6 rings (SSSR count). The van der Waals surface area contributed by atoms with E-state index >= 15 is 0 Å². The number of rotatable bonds is 6. The number of aliphatic hydroxyl groups excluding tert-OH is 1. The fraction of sp³-hybridized carbons (Fsp3) is 0.500. The lowest BCUT2D eigenvalue weighted by atomic mass is 9.86. The van der Waals surface area contributed by atoms with Crippen molar-refractivity contribution in [3.8, 4) is 5.88 Å². The normalized spacial score (nSPS) is 27.1. The van der Waals surface area contributed by atoms with Gasteiger partial charge in [-0.05, 0) is 61.8 Å². The highest BCUT2D eigenvalue weighted by atomic mass is 16.5. The molecule has 3 atom stereocenters. The minimum absolute atomic E-state index is 0.0288. The summed E-state index contributed by atoms with van der Waals surface area (Å²) in [5.74, 6) is 0.674. The maximum Gasteiger partial charge on any atom is 0.340 e. The third-order valence-electron chi connectivity index (χ3n) is 8.14. The van der Waals surface area contributed by atoms with Crippen molar-refractivity contribution in [3.63, 3.8) is 0 Å². The second-order valence-corrected chi connectivity index (χ2v) is 10.9. The summed E-state index contributed by atoms with van der Waals surface area (Å²) in [6.45, 7) is 6.01. The quantitative estimate of drug-likeness (QED) is 0.503. The highest BCUT2D eigenvalue weighted by Crippen LogP contribution is 2.46. The molecule has 8 nitrogen and oxygen atoms in total. The van der Waals surface area contributed by atoms with Gasteiger partial charge in [0.2, 0.25) is 5.88 Å². The van der Waals surface area contributed by atoms with Gasteiger partial charge in [0.15, 0.2) is 0 Å². The largest absolute Gasteiger partial charge is 0.474 e. The van der Waals surface area contributed by atoms with Gasteiger partial charge in [0.1, 0.15) is 12.2 Å². The van der Waals surface area contributed by atoms with Gasteiger partial charge in [0.05, 0.1) is 22.7 Å². The van der Waals surface area contributed by atoms with Crippen LogP contribution in [0.1, 0.15) is 85.4 Å². The molecular weight excluding hydrogens is 456 g/mol. The van der Waals surface area contributed by atoms with Gasteiger partial charge in [-0.25, -0.2) is 9.78 Å². The summed E-state index contributed by atoms with van der Waals surface area (Å²) in [6.07, 6.45) is 7.09. The van der Waals surface area contributed by atoms with Crippen molar-refractivity contribution in [3.05, 3.63) is 58.8 Å². The molecule has 188 valence electrons. The molecule has 36 heavy (non-hydrogen) atoms. The number of esters is 1. The van der Waals surface area contributed by atoms with Crippen LogP contribution in [-0.2, 0) is 16.7 Å². The molecule has 0 saturated heterocycles. The van der Waals surface area contributed by atoms with E-state index in [1.165, 1.54) is 0 Å². The van der Waals surface area contributed by atoms with E-state index < -0.39 is 5.54 Å². The van der Waals surface area contributed by atoms with E-state index in [9.17, 15) is 9.90 Å². The maximum atomic E-state index is 12.3. The van der Waals surface area contributed by atoms with Crippen LogP contribution in [0.2, 0.25) is 0 Å². The Morgan fingerprint density at radius 2 is 1.92 bits per heavy atom. The highest BCUT2D eigenvalue weighted by Gasteiger charge is 2.41. The minimum Gasteiger partial charge on any atom is -0.474 e. The fourth-order valence-corrected chi connectivity index (χ4v) is 5.35. The molecule has 3 aromatic rings. The Morgan fingerprint density at radius 1 is 1.14 bits per heavy atom. The topological polar surface area (TPSA) is 120 Å². The number of ether oxygens (including phenoxy) is 2. The van der Waals surface area contributed by atoms with E-state index in [1.54, 1.807) is 0 Å². The molecular formula is C28H32N4O4. The molecule has 0 amide bonds. The monoisotopic (exact) mass is 488 g/mol. The van der Waals surface area contributed by atoms with Crippen LogP contribution in [0, 0.1) is 5.92 Å². The lowest BCUT2D eigenvalue weighted by molar-refractivity contribution is -0.0120. The highest BCUT2D eigenvalue weighted by molar-refractivity contribution is 5.92. The van der Waals surface area contributed by atoms with Crippen LogP contribution >= 0.6 is 0 Å². The third-order valence-corrected chi connectivity index (χ3v) is 8.14. The molecule has 0 aromatic carbocycles. The Hall–Kier alpha value is -3.10. The minimum atomic E-state index is -0.495. The van der Waals surface area contributed by atoms with Crippen molar-refractivity contribution in [2.24, 2.45) is 11.7 Å². The number of aliphatic hydroxyl groups is 1. The first-order valence-electron chi connectivity index (χ1n) is 12.8.